The van der Waals surface area contributed by atoms with Gasteiger partial charge in [-0.15, -0.1) is 0 Å². The summed E-state index contributed by atoms with van der Waals surface area (Å²) in [5.74, 6) is 3.25. The summed E-state index contributed by atoms with van der Waals surface area (Å²) >= 11 is 0. The molecule has 0 aliphatic carbocycles. The van der Waals surface area contributed by atoms with Crippen molar-refractivity contribution >= 4 is 16.8 Å². The van der Waals surface area contributed by atoms with E-state index in [9.17, 15) is 9.70 Å². The van der Waals surface area contributed by atoms with E-state index in [1.165, 1.54) is 5.56 Å². The molecule has 6 rings (SSSR count). The van der Waals surface area contributed by atoms with Gasteiger partial charge in [0.05, 0.1) is 29.7 Å². The van der Waals surface area contributed by atoms with E-state index in [2.05, 4.69) is 15.3 Å². The first kappa shape index (κ1) is 21.9. The first-order valence-corrected chi connectivity index (χ1v) is 12.2. The van der Waals surface area contributed by atoms with Gasteiger partial charge in [0.15, 0.2) is 0 Å². The number of carbonyl (C=O) groups excluding carboxylic acids is 1. The average Bonchev–Trinajstić information content (AvgIpc) is 3.29. The highest BCUT2D eigenvalue weighted by Gasteiger charge is 2.40. The molecule has 0 bridgehead atoms. The van der Waals surface area contributed by atoms with Crippen LogP contribution in [-0.4, -0.2) is 59.0 Å². The van der Waals surface area contributed by atoms with Crippen molar-refractivity contribution in [1.29, 1.82) is 0 Å². The molecule has 1 amide bonds. The average molecular weight is 475 g/mol. The number of likely N-dealkylation sites (tertiary alicyclic amines) is 1. The number of methoxy groups -OCH3 is 1. The summed E-state index contributed by atoms with van der Waals surface area (Å²) in [5.41, 5.74) is 5.47. The van der Waals surface area contributed by atoms with Crippen LogP contribution in [0.5, 0.6) is 11.5 Å². The Bertz CT molecular complexity index is 1310. The molecule has 4 heterocycles. The van der Waals surface area contributed by atoms with Crippen molar-refractivity contribution < 1.29 is 19.1 Å². The second kappa shape index (κ2) is 8.88. The second-order valence-corrected chi connectivity index (χ2v) is 9.55. The maximum Gasteiger partial charge on any atom is 0.309 e. The Labute approximate surface area is 203 Å². The van der Waals surface area contributed by atoms with Crippen molar-refractivity contribution in [2.24, 2.45) is 5.92 Å². The van der Waals surface area contributed by atoms with Gasteiger partial charge in [-0.1, -0.05) is 11.5 Å². The maximum absolute atomic E-state index is 12.1. The fourth-order valence-electron chi connectivity index (χ4n) is 5.71. The quantitative estimate of drug-likeness (QED) is 0.433. The number of carbonyl (C=O) groups is 1. The summed E-state index contributed by atoms with van der Waals surface area (Å²) in [5, 5.41) is 0.763. The Kier molecular flexibility index (Phi) is 5.56. The van der Waals surface area contributed by atoms with Gasteiger partial charge in [-0.2, -0.15) is 0 Å². The van der Waals surface area contributed by atoms with Crippen LogP contribution in [-0.2, 0) is 13.0 Å². The fraction of sp³-hybridized carbons (Fsp3) is 0.423. The molecule has 1 fully saturated rings. The molecule has 9 nitrogen and oxygen atoms in total. The number of benzene rings is 2. The van der Waals surface area contributed by atoms with Crippen LogP contribution < -0.4 is 14.9 Å². The number of unbranched alkanes of at least 4 members (excludes halogenated alkanes) is 1. The van der Waals surface area contributed by atoms with Crippen LogP contribution in [0.15, 0.2) is 36.5 Å². The van der Waals surface area contributed by atoms with Crippen LogP contribution in [0.25, 0.3) is 10.9 Å². The Morgan fingerprint density at radius 1 is 1.23 bits per heavy atom. The number of fused-ring (bicyclic) bond motifs is 6. The van der Waals surface area contributed by atoms with Crippen molar-refractivity contribution in [3.63, 3.8) is 0 Å². The summed E-state index contributed by atoms with van der Waals surface area (Å²) in [6.07, 6.45) is 4.60. The standard InChI is InChI=1S/C26H27N5O4/c1-34-22-5-4-6-23-25(22)19-13-30(12-16(19)15-35-23)10-3-2-7-24-27-11-18-20-14-31(33)29-26(32)17(20)8-9-21(18)28-24/h4-6,8-9,11,16,19H,2-3,7,10,12-15H2,1H3/p+1/t16-,19-/m1/s1. The highest BCUT2D eigenvalue weighted by molar-refractivity contribution is 6.00. The second-order valence-electron chi connectivity index (χ2n) is 9.55. The number of nitrogens with zero attached hydrogens (tertiary/aromatic N) is 4. The van der Waals surface area contributed by atoms with Crippen LogP contribution in [0.3, 0.4) is 0 Å². The number of hydrogen-bond acceptors (Lipinski definition) is 7. The number of amides is 1. The zero-order valence-corrected chi connectivity index (χ0v) is 19.7. The number of rotatable bonds is 6. The normalized spacial score (nSPS) is 21.2. The zero-order valence-electron chi connectivity index (χ0n) is 19.7. The summed E-state index contributed by atoms with van der Waals surface area (Å²) in [4.78, 5) is 36.1. The highest BCUT2D eigenvalue weighted by atomic mass is 16.5. The minimum atomic E-state index is -0.387. The van der Waals surface area contributed by atoms with Gasteiger partial charge in [-0.05, 0) is 43.7 Å². The fourth-order valence-corrected chi connectivity index (χ4v) is 5.71. The minimum absolute atomic E-state index is 0.0976. The number of aryl methyl sites for hydroxylation is 1. The Hall–Kier alpha value is -3.59. The predicted molar refractivity (Wildman–Crippen MR) is 128 cm³/mol. The highest BCUT2D eigenvalue weighted by Crippen LogP contribution is 2.46. The van der Waals surface area contributed by atoms with Crippen molar-refractivity contribution in [2.45, 2.75) is 31.7 Å². The van der Waals surface area contributed by atoms with Crippen molar-refractivity contribution in [3.8, 4) is 11.5 Å². The molecule has 3 aromatic rings. The molecule has 3 aliphatic heterocycles. The van der Waals surface area contributed by atoms with Crippen LogP contribution in [0.2, 0.25) is 0 Å². The molecule has 3 aliphatic rings. The molecule has 0 spiro atoms. The Morgan fingerprint density at radius 3 is 3.03 bits per heavy atom. The molecule has 0 saturated carbocycles. The predicted octanol–water partition coefficient (Wildman–Crippen LogP) is 3.01. The minimum Gasteiger partial charge on any atom is -0.496 e. The van der Waals surface area contributed by atoms with Crippen molar-refractivity contribution in [3.05, 3.63) is 64.0 Å². The molecule has 2 aromatic carbocycles. The van der Waals surface area contributed by atoms with Gasteiger partial charge in [0.1, 0.15) is 22.2 Å². The van der Waals surface area contributed by atoms with Gasteiger partial charge in [0.2, 0.25) is 0 Å². The van der Waals surface area contributed by atoms with Gasteiger partial charge >= 0.3 is 5.91 Å². The van der Waals surface area contributed by atoms with Gasteiger partial charge < -0.3 is 14.4 Å². The number of hydrazine groups is 1. The number of hydrogen-bond donors (Lipinski definition) is 1. The molecule has 1 aromatic heterocycles. The molecule has 1 N–H and O–H groups in total. The third-order valence-corrected chi connectivity index (χ3v) is 7.41. The Balaban J connectivity index is 1.07. The molecular formula is C26H28N5O4+. The van der Waals surface area contributed by atoms with Gasteiger partial charge in [0, 0.05) is 54.1 Å². The van der Waals surface area contributed by atoms with Crippen molar-refractivity contribution in [2.75, 3.05) is 33.4 Å². The lowest BCUT2D eigenvalue weighted by Crippen LogP contribution is -2.38. The van der Waals surface area contributed by atoms with E-state index in [0.717, 1.165) is 73.7 Å². The SMILES string of the molecule is COc1cccc2c1[C@@H]1CN(CCCCc3ncc4c5c(ccc4n3)C(=O)N[N+](=O)C5)C[C@@H]1CO2. The van der Waals surface area contributed by atoms with E-state index < -0.39 is 0 Å². The molecule has 9 heteroatoms. The van der Waals surface area contributed by atoms with Crippen LogP contribution >= 0.6 is 0 Å². The van der Waals surface area contributed by atoms with Crippen LogP contribution in [0, 0.1) is 10.8 Å². The largest absolute Gasteiger partial charge is 0.496 e. The van der Waals surface area contributed by atoms with E-state index in [-0.39, 0.29) is 12.5 Å². The monoisotopic (exact) mass is 474 g/mol. The van der Waals surface area contributed by atoms with Crippen molar-refractivity contribution in [1.82, 2.24) is 20.3 Å². The third-order valence-electron chi connectivity index (χ3n) is 7.41. The summed E-state index contributed by atoms with van der Waals surface area (Å²) < 4.78 is 11.7. The number of ether oxygens (including phenoxy) is 2. The van der Waals surface area contributed by atoms with E-state index in [1.54, 1.807) is 19.4 Å². The van der Waals surface area contributed by atoms with Crippen LogP contribution in [0.4, 0.5) is 0 Å². The first-order valence-electron chi connectivity index (χ1n) is 12.2. The number of aromatic nitrogens is 2. The van der Waals surface area contributed by atoms with Crippen LogP contribution in [0.1, 0.15) is 46.1 Å². The lowest BCUT2D eigenvalue weighted by Gasteiger charge is -2.29. The summed E-state index contributed by atoms with van der Waals surface area (Å²) in [6, 6.07) is 9.63. The molecule has 0 radical (unpaired) electrons. The molecule has 0 unspecified atom stereocenters. The summed E-state index contributed by atoms with van der Waals surface area (Å²) in [7, 11) is 1.73. The molecular weight excluding hydrogens is 446 g/mol. The molecule has 180 valence electrons. The molecule has 2 atom stereocenters. The lowest BCUT2D eigenvalue weighted by molar-refractivity contribution is -0.609. The Morgan fingerprint density at radius 2 is 2.14 bits per heavy atom. The number of nitroso groups, excluding NO2 is 1. The third kappa shape index (κ3) is 3.99. The van der Waals surface area contributed by atoms with E-state index >= 15 is 0 Å². The van der Waals surface area contributed by atoms with E-state index in [0.29, 0.717) is 27.8 Å². The van der Waals surface area contributed by atoms with Gasteiger partial charge in [0.25, 0.3) is 6.54 Å². The van der Waals surface area contributed by atoms with E-state index in [4.69, 9.17) is 14.5 Å². The topological polar surface area (TPSA) is 96.7 Å². The maximum atomic E-state index is 12.1. The molecule has 35 heavy (non-hydrogen) atoms. The number of nitrogens with one attached hydrogen (secondary N) is 1. The lowest BCUT2D eigenvalue weighted by atomic mass is 9.86. The van der Waals surface area contributed by atoms with E-state index in [1.807, 2.05) is 24.3 Å². The van der Waals surface area contributed by atoms with Gasteiger partial charge in [-0.25, -0.2) is 9.97 Å². The van der Waals surface area contributed by atoms with Gasteiger partial charge in [-0.3, -0.25) is 4.79 Å². The molecule has 1 saturated heterocycles. The first-order chi connectivity index (χ1) is 17.1. The smallest absolute Gasteiger partial charge is 0.309 e. The summed E-state index contributed by atoms with van der Waals surface area (Å²) in [6.45, 7) is 3.97. The zero-order chi connectivity index (χ0) is 23.9.